The van der Waals surface area contributed by atoms with Gasteiger partial charge in [0, 0.05) is 44.0 Å². The van der Waals surface area contributed by atoms with Crippen molar-refractivity contribution in [3.8, 4) is 16.9 Å². The number of methoxy groups -OCH3 is 1. The van der Waals surface area contributed by atoms with Crippen LogP contribution in [-0.4, -0.2) is 70.0 Å². The predicted octanol–water partition coefficient (Wildman–Crippen LogP) is 5.38. The number of hydrogen-bond donors (Lipinski definition) is 0. The third kappa shape index (κ3) is 6.23. The van der Waals surface area contributed by atoms with Gasteiger partial charge in [0.1, 0.15) is 5.75 Å². The molecule has 0 bridgehead atoms. The number of nitrogens with zero attached hydrogens (tertiary/aromatic N) is 3. The number of carbonyl (C=O) groups is 1. The highest BCUT2D eigenvalue weighted by Crippen LogP contribution is 2.30. The van der Waals surface area contributed by atoms with Crippen LogP contribution in [0.5, 0.6) is 5.75 Å². The van der Waals surface area contributed by atoms with E-state index in [0.717, 1.165) is 66.4 Å². The lowest BCUT2D eigenvalue weighted by atomic mass is 9.96. The van der Waals surface area contributed by atoms with E-state index in [-0.39, 0.29) is 5.78 Å². The molecule has 5 nitrogen and oxygen atoms in total. The first kappa shape index (κ1) is 25.7. The molecule has 4 rings (SSSR count). The molecular formula is C31H37N3O2. The molecule has 0 radical (unpaired) electrons. The Morgan fingerprint density at radius 3 is 2.44 bits per heavy atom. The lowest BCUT2D eigenvalue weighted by Crippen LogP contribution is -2.44. The van der Waals surface area contributed by atoms with Gasteiger partial charge in [0.15, 0.2) is 5.78 Å². The van der Waals surface area contributed by atoms with Crippen LogP contribution in [0.15, 0.2) is 66.7 Å². The zero-order valence-electron chi connectivity index (χ0n) is 22.1. The number of anilines is 1. The molecule has 0 amide bonds. The number of piperazine rings is 1. The molecule has 36 heavy (non-hydrogen) atoms. The topological polar surface area (TPSA) is 36.0 Å². The molecule has 1 aliphatic rings. The Kier molecular flexibility index (Phi) is 8.24. The number of ketones is 1. The van der Waals surface area contributed by atoms with Crippen LogP contribution in [0.3, 0.4) is 0 Å². The van der Waals surface area contributed by atoms with E-state index in [1.165, 1.54) is 5.56 Å². The van der Waals surface area contributed by atoms with Crippen LogP contribution in [0, 0.1) is 6.92 Å². The number of likely N-dealkylation sites (N-methyl/N-ethyl adjacent to an activating group) is 1. The van der Waals surface area contributed by atoms with Crippen LogP contribution >= 0.6 is 0 Å². The van der Waals surface area contributed by atoms with E-state index < -0.39 is 0 Å². The monoisotopic (exact) mass is 483 g/mol. The van der Waals surface area contributed by atoms with E-state index in [1.54, 1.807) is 13.2 Å². The maximum absolute atomic E-state index is 13.5. The summed E-state index contributed by atoms with van der Waals surface area (Å²) in [6.07, 6.45) is 3.63. The molecule has 0 atom stereocenters. The summed E-state index contributed by atoms with van der Waals surface area (Å²) in [4.78, 5) is 20.3. The van der Waals surface area contributed by atoms with Gasteiger partial charge < -0.3 is 19.4 Å². The van der Waals surface area contributed by atoms with Crippen LogP contribution in [0.1, 0.15) is 27.0 Å². The molecule has 0 unspecified atom stereocenters. The van der Waals surface area contributed by atoms with Gasteiger partial charge in [-0.25, -0.2) is 0 Å². The van der Waals surface area contributed by atoms with Crippen molar-refractivity contribution in [2.45, 2.75) is 13.5 Å². The highest BCUT2D eigenvalue weighted by atomic mass is 16.5. The van der Waals surface area contributed by atoms with Crippen molar-refractivity contribution in [1.29, 1.82) is 0 Å². The second-order valence-electron chi connectivity index (χ2n) is 9.87. The molecule has 188 valence electrons. The summed E-state index contributed by atoms with van der Waals surface area (Å²) in [7, 11) is 7.90. The van der Waals surface area contributed by atoms with Crippen LogP contribution in [0.4, 0.5) is 5.69 Å². The Hall–Kier alpha value is -3.41. The van der Waals surface area contributed by atoms with Crippen molar-refractivity contribution in [2.24, 2.45) is 0 Å². The number of carbonyl (C=O) groups excluding carboxylic acids is 1. The molecule has 0 aliphatic carbocycles. The fourth-order valence-electron chi connectivity index (χ4n) is 4.66. The van der Waals surface area contributed by atoms with Crippen LogP contribution in [0.2, 0.25) is 0 Å². The molecule has 1 heterocycles. The van der Waals surface area contributed by atoms with Crippen molar-refractivity contribution in [3.05, 3.63) is 89.0 Å². The standard InChI is InChI=1S/C31H37N3O2/c1-23-8-6-7-9-30(23)25-18-26(20-28(19-25)34-16-14-33(4)15-17-34)31(35)13-11-24-10-12-29(36-5)21-27(24)22-32(2)3/h6-13,18-21H,14-17,22H2,1-5H3. The van der Waals surface area contributed by atoms with Gasteiger partial charge in [0.25, 0.3) is 0 Å². The average molecular weight is 484 g/mol. The molecule has 1 saturated heterocycles. The minimum absolute atomic E-state index is 0.00688. The first-order chi connectivity index (χ1) is 17.3. The molecule has 0 saturated carbocycles. The van der Waals surface area contributed by atoms with Crippen LogP contribution < -0.4 is 9.64 Å². The van der Waals surface area contributed by atoms with E-state index in [9.17, 15) is 4.79 Å². The Morgan fingerprint density at radius 2 is 1.75 bits per heavy atom. The average Bonchev–Trinajstić information content (AvgIpc) is 2.87. The first-order valence-electron chi connectivity index (χ1n) is 12.5. The molecule has 3 aromatic rings. The lowest BCUT2D eigenvalue weighted by Gasteiger charge is -2.34. The number of ether oxygens (including phenoxy) is 1. The maximum Gasteiger partial charge on any atom is 0.185 e. The zero-order valence-corrected chi connectivity index (χ0v) is 22.1. The summed E-state index contributed by atoms with van der Waals surface area (Å²) in [6, 6.07) is 20.7. The third-order valence-corrected chi connectivity index (χ3v) is 6.78. The van der Waals surface area contributed by atoms with Gasteiger partial charge in [-0.3, -0.25) is 4.79 Å². The normalized spacial score (nSPS) is 14.6. The largest absolute Gasteiger partial charge is 0.497 e. The minimum Gasteiger partial charge on any atom is -0.497 e. The third-order valence-electron chi connectivity index (χ3n) is 6.78. The van der Waals surface area contributed by atoms with E-state index in [4.69, 9.17) is 4.74 Å². The summed E-state index contributed by atoms with van der Waals surface area (Å²) in [6.45, 7) is 6.83. The number of rotatable bonds is 8. The van der Waals surface area contributed by atoms with Gasteiger partial charge in [-0.2, -0.15) is 0 Å². The lowest BCUT2D eigenvalue weighted by molar-refractivity contribution is 0.104. The van der Waals surface area contributed by atoms with Gasteiger partial charge in [-0.15, -0.1) is 0 Å². The summed E-state index contributed by atoms with van der Waals surface area (Å²) >= 11 is 0. The molecule has 1 fully saturated rings. The second kappa shape index (κ2) is 11.5. The van der Waals surface area contributed by atoms with Gasteiger partial charge in [0.2, 0.25) is 0 Å². The molecule has 0 N–H and O–H groups in total. The number of aryl methyl sites for hydroxylation is 1. The van der Waals surface area contributed by atoms with E-state index in [2.05, 4.69) is 65.1 Å². The van der Waals surface area contributed by atoms with Crippen molar-refractivity contribution in [2.75, 3.05) is 59.3 Å². The van der Waals surface area contributed by atoms with Crippen molar-refractivity contribution >= 4 is 17.5 Å². The smallest absolute Gasteiger partial charge is 0.185 e. The summed E-state index contributed by atoms with van der Waals surface area (Å²) in [5.41, 5.74) is 7.41. The van der Waals surface area contributed by atoms with E-state index >= 15 is 0 Å². The SMILES string of the molecule is COc1ccc(C=CC(=O)c2cc(-c3ccccc3C)cc(N3CCN(C)CC3)c2)c(CN(C)C)c1. The zero-order chi connectivity index (χ0) is 25.7. The Balaban J connectivity index is 1.69. The first-order valence-corrected chi connectivity index (χ1v) is 12.5. The summed E-state index contributed by atoms with van der Waals surface area (Å²) in [5, 5.41) is 0. The van der Waals surface area contributed by atoms with Gasteiger partial charge in [-0.1, -0.05) is 36.4 Å². The highest BCUT2D eigenvalue weighted by Gasteiger charge is 2.17. The molecule has 3 aromatic carbocycles. The summed E-state index contributed by atoms with van der Waals surface area (Å²) < 4.78 is 5.41. The maximum atomic E-state index is 13.5. The van der Waals surface area contributed by atoms with Crippen molar-refractivity contribution in [3.63, 3.8) is 0 Å². The molecular weight excluding hydrogens is 446 g/mol. The Labute approximate surface area is 215 Å². The molecule has 0 spiro atoms. The number of hydrogen-bond acceptors (Lipinski definition) is 5. The number of allylic oxidation sites excluding steroid dienone is 1. The van der Waals surface area contributed by atoms with Crippen molar-refractivity contribution in [1.82, 2.24) is 9.80 Å². The fourth-order valence-corrected chi connectivity index (χ4v) is 4.66. The molecule has 0 aromatic heterocycles. The Morgan fingerprint density at radius 1 is 1.00 bits per heavy atom. The fraction of sp³-hybridized carbons (Fsp3) is 0.323. The predicted molar refractivity (Wildman–Crippen MR) is 150 cm³/mol. The second-order valence-corrected chi connectivity index (χ2v) is 9.87. The minimum atomic E-state index is 0.00688. The van der Waals surface area contributed by atoms with E-state index in [1.807, 2.05) is 44.4 Å². The highest BCUT2D eigenvalue weighted by molar-refractivity contribution is 6.08. The van der Waals surface area contributed by atoms with E-state index in [0.29, 0.717) is 5.56 Å². The quantitative estimate of drug-likeness (QED) is 0.318. The van der Waals surface area contributed by atoms with Crippen LogP contribution in [0.25, 0.3) is 17.2 Å². The van der Waals surface area contributed by atoms with Gasteiger partial charge >= 0.3 is 0 Å². The van der Waals surface area contributed by atoms with Crippen molar-refractivity contribution < 1.29 is 9.53 Å². The van der Waals surface area contributed by atoms with Crippen LogP contribution in [-0.2, 0) is 6.54 Å². The Bertz CT molecular complexity index is 1240. The van der Waals surface area contributed by atoms with Gasteiger partial charge in [0.05, 0.1) is 7.11 Å². The molecule has 1 aliphatic heterocycles. The number of benzene rings is 3. The summed E-state index contributed by atoms with van der Waals surface area (Å²) in [5.74, 6) is 0.825. The molecule has 5 heteroatoms. The van der Waals surface area contributed by atoms with Gasteiger partial charge in [-0.05, 0) is 92.3 Å².